The van der Waals surface area contributed by atoms with Crippen LogP contribution in [0.4, 0.5) is 0 Å². The van der Waals surface area contributed by atoms with Crippen LogP contribution in [0, 0.1) is 0 Å². The van der Waals surface area contributed by atoms with E-state index in [1.165, 1.54) is 11.6 Å². The van der Waals surface area contributed by atoms with Crippen molar-refractivity contribution in [1.82, 2.24) is 0 Å². The smallest absolute Gasteiger partial charge is 0.0460 e. The van der Waals surface area contributed by atoms with Gasteiger partial charge in [-0.3, -0.25) is 0 Å². The molecule has 0 spiro atoms. The molecule has 0 amide bonds. The highest BCUT2D eigenvalue weighted by molar-refractivity contribution is 6.55. The van der Waals surface area contributed by atoms with Crippen molar-refractivity contribution in [3.05, 3.63) is 35.9 Å². The molecule has 1 aromatic rings. The lowest BCUT2D eigenvalue weighted by Crippen LogP contribution is -2.04. The Morgan fingerprint density at radius 2 is 1.60 bits per heavy atom. The zero-order chi connectivity index (χ0) is 10.8. The van der Waals surface area contributed by atoms with E-state index in [-0.39, 0.29) is 21.2 Å². The fourth-order valence-corrected chi connectivity index (χ4v) is 2.06. The zero-order valence-electron chi connectivity index (χ0n) is 9.99. The Morgan fingerprint density at radius 1 is 1.13 bits per heavy atom. The molecule has 0 atom stereocenters. The lowest BCUT2D eigenvalue weighted by atomic mass is 10.2. The number of halogens is 1. The van der Waals surface area contributed by atoms with Crippen molar-refractivity contribution in [3.8, 4) is 0 Å². The monoisotopic (exact) mass is 244 g/mol. The van der Waals surface area contributed by atoms with E-state index in [1.54, 1.807) is 0 Å². The number of rotatable bonds is 3. The van der Waals surface area contributed by atoms with Crippen molar-refractivity contribution >= 4 is 21.2 Å². The summed E-state index contributed by atoms with van der Waals surface area (Å²) in [5.41, 5.74) is 6.52. The molecule has 0 bridgehead atoms. The summed E-state index contributed by atoms with van der Waals surface area (Å²) in [5, 5.41) is 0. The van der Waals surface area contributed by atoms with Crippen molar-refractivity contribution in [1.29, 1.82) is 0 Å². The first kappa shape index (κ1) is 17.1. The van der Waals surface area contributed by atoms with Crippen LogP contribution in [0.2, 0.25) is 13.1 Å². The van der Waals surface area contributed by atoms with Gasteiger partial charge in [-0.05, 0) is 19.0 Å². The lowest BCUT2D eigenvalue weighted by Gasteiger charge is -2.00. The molecule has 1 rings (SSSR count). The van der Waals surface area contributed by atoms with Gasteiger partial charge in [0.05, 0.1) is 0 Å². The van der Waals surface area contributed by atoms with Crippen LogP contribution in [0.3, 0.4) is 0 Å². The molecule has 0 aliphatic heterocycles. The van der Waals surface area contributed by atoms with E-state index in [0.717, 1.165) is 13.0 Å². The van der Waals surface area contributed by atoms with Gasteiger partial charge < -0.3 is 5.73 Å². The standard InChI is InChI=1S/C9H13Si.C3H9N.ClH/c1-10(2)8-9-6-4-3-5-7-9;1-2-3-4;/h3-7H,8H2,1-2H3;2-4H2,1H3;1H. The second kappa shape index (κ2) is 11.8. The molecule has 1 aromatic carbocycles. The minimum absolute atomic E-state index is 0. The van der Waals surface area contributed by atoms with Crippen molar-refractivity contribution < 1.29 is 0 Å². The van der Waals surface area contributed by atoms with E-state index < -0.39 is 0 Å². The minimum atomic E-state index is -0.0870. The third-order valence-electron chi connectivity index (χ3n) is 1.69. The molecule has 15 heavy (non-hydrogen) atoms. The molecule has 87 valence electrons. The van der Waals surface area contributed by atoms with Crippen molar-refractivity contribution in [2.24, 2.45) is 5.73 Å². The molecule has 0 unspecified atom stereocenters. The largest absolute Gasteiger partial charge is 0.330 e. The maximum absolute atomic E-state index is 5.03. The molecule has 0 aliphatic carbocycles. The van der Waals surface area contributed by atoms with E-state index in [1.807, 2.05) is 0 Å². The van der Waals surface area contributed by atoms with E-state index in [4.69, 9.17) is 5.73 Å². The van der Waals surface area contributed by atoms with Gasteiger partial charge in [0.1, 0.15) is 0 Å². The van der Waals surface area contributed by atoms with Crippen LogP contribution in [0.25, 0.3) is 0 Å². The van der Waals surface area contributed by atoms with Crippen LogP contribution in [-0.2, 0) is 6.04 Å². The highest BCUT2D eigenvalue weighted by Crippen LogP contribution is 2.01. The Hall–Kier alpha value is -0.313. The predicted molar refractivity (Wildman–Crippen MR) is 74.2 cm³/mol. The van der Waals surface area contributed by atoms with Crippen LogP contribution in [0.1, 0.15) is 18.9 Å². The van der Waals surface area contributed by atoms with Crippen LogP contribution in [0.15, 0.2) is 30.3 Å². The topological polar surface area (TPSA) is 26.0 Å². The number of hydrogen-bond donors (Lipinski definition) is 1. The Kier molecular flexibility index (Phi) is 13.4. The average molecular weight is 245 g/mol. The molecule has 0 saturated heterocycles. The summed E-state index contributed by atoms with van der Waals surface area (Å²) >= 11 is 0. The second-order valence-electron chi connectivity index (χ2n) is 3.66. The molecule has 0 saturated carbocycles. The van der Waals surface area contributed by atoms with E-state index in [9.17, 15) is 0 Å². The molecule has 2 N–H and O–H groups in total. The Balaban J connectivity index is 0. The van der Waals surface area contributed by atoms with Gasteiger partial charge in [-0.25, -0.2) is 0 Å². The molecular formula is C12H23ClNSi. The summed E-state index contributed by atoms with van der Waals surface area (Å²) in [6.07, 6.45) is 1.10. The second-order valence-corrected chi connectivity index (χ2v) is 6.43. The number of hydrogen-bond acceptors (Lipinski definition) is 1. The van der Waals surface area contributed by atoms with E-state index in [0.29, 0.717) is 0 Å². The first-order chi connectivity index (χ1) is 6.70. The molecule has 1 radical (unpaired) electrons. The summed E-state index contributed by atoms with van der Waals surface area (Å²) in [5.74, 6) is 0. The SMILES string of the molecule is CCCN.C[Si](C)Cc1ccccc1.Cl. The quantitative estimate of drug-likeness (QED) is 0.812. The van der Waals surface area contributed by atoms with Crippen molar-refractivity contribution in [2.75, 3.05) is 6.54 Å². The van der Waals surface area contributed by atoms with E-state index >= 15 is 0 Å². The van der Waals surface area contributed by atoms with Gasteiger partial charge in [0.2, 0.25) is 0 Å². The highest BCUT2D eigenvalue weighted by Gasteiger charge is 1.96. The summed E-state index contributed by atoms with van der Waals surface area (Å²) in [4.78, 5) is 0. The van der Waals surface area contributed by atoms with Crippen LogP contribution in [-0.4, -0.2) is 15.3 Å². The van der Waals surface area contributed by atoms with Gasteiger partial charge in [-0.1, -0.05) is 55.9 Å². The summed E-state index contributed by atoms with van der Waals surface area (Å²) in [6.45, 7) is 7.56. The highest BCUT2D eigenvalue weighted by atomic mass is 35.5. The first-order valence-corrected chi connectivity index (χ1v) is 7.94. The van der Waals surface area contributed by atoms with Gasteiger partial charge >= 0.3 is 0 Å². The molecule has 0 aromatic heterocycles. The molecule has 3 heteroatoms. The number of benzene rings is 1. The van der Waals surface area contributed by atoms with E-state index in [2.05, 4.69) is 50.3 Å². The third kappa shape index (κ3) is 11.6. The Morgan fingerprint density at radius 3 is 1.93 bits per heavy atom. The van der Waals surface area contributed by atoms with Crippen molar-refractivity contribution in [2.45, 2.75) is 32.5 Å². The Labute approximate surface area is 102 Å². The molecule has 0 aliphatic rings. The van der Waals surface area contributed by atoms with Crippen LogP contribution in [0.5, 0.6) is 0 Å². The normalized spacial score (nSPS) is 8.87. The predicted octanol–water partition coefficient (Wildman–Crippen LogP) is 3.30. The minimum Gasteiger partial charge on any atom is -0.330 e. The summed E-state index contributed by atoms with van der Waals surface area (Å²) < 4.78 is 0. The summed E-state index contributed by atoms with van der Waals surface area (Å²) in [6, 6.07) is 12.0. The Bertz CT molecular complexity index is 212. The third-order valence-corrected chi connectivity index (χ3v) is 2.80. The fourth-order valence-electron chi connectivity index (χ4n) is 1.00. The van der Waals surface area contributed by atoms with Gasteiger partial charge in [0.15, 0.2) is 0 Å². The lowest BCUT2D eigenvalue weighted by molar-refractivity contribution is 0.932. The summed E-state index contributed by atoms with van der Waals surface area (Å²) in [7, 11) is -0.0870. The zero-order valence-corrected chi connectivity index (χ0v) is 11.8. The van der Waals surface area contributed by atoms with Crippen molar-refractivity contribution in [3.63, 3.8) is 0 Å². The van der Waals surface area contributed by atoms with Crippen LogP contribution >= 0.6 is 12.4 Å². The van der Waals surface area contributed by atoms with Crippen LogP contribution < -0.4 is 5.73 Å². The van der Waals surface area contributed by atoms with Gasteiger partial charge in [-0.15, -0.1) is 12.4 Å². The molecule has 0 fully saturated rings. The van der Waals surface area contributed by atoms with Gasteiger partial charge in [0, 0.05) is 8.80 Å². The number of nitrogens with two attached hydrogens (primary N) is 1. The maximum atomic E-state index is 5.03. The average Bonchev–Trinajstić information content (AvgIpc) is 2.19. The fraction of sp³-hybridized carbons (Fsp3) is 0.500. The first-order valence-electron chi connectivity index (χ1n) is 5.23. The molecule has 0 heterocycles. The van der Waals surface area contributed by atoms with Gasteiger partial charge in [0.25, 0.3) is 0 Å². The molecular weight excluding hydrogens is 222 g/mol. The van der Waals surface area contributed by atoms with Gasteiger partial charge in [-0.2, -0.15) is 0 Å². The maximum Gasteiger partial charge on any atom is 0.0460 e. The molecule has 1 nitrogen and oxygen atoms in total.